The fourth-order valence-corrected chi connectivity index (χ4v) is 3.63. The average Bonchev–Trinajstić information content (AvgIpc) is 2.74. The van der Waals surface area contributed by atoms with Crippen molar-refractivity contribution in [3.05, 3.63) is 95.6 Å². The van der Waals surface area contributed by atoms with E-state index in [0.29, 0.717) is 12.1 Å². The number of anilines is 2. The van der Waals surface area contributed by atoms with Crippen molar-refractivity contribution in [3.63, 3.8) is 0 Å². The highest BCUT2D eigenvalue weighted by Crippen LogP contribution is 2.33. The number of para-hydroxylation sites is 1. The molecule has 1 atom stereocenters. The normalized spacial score (nSPS) is 15.4. The van der Waals surface area contributed by atoms with Crippen LogP contribution in [0.2, 0.25) is 0 Å². The Kier molecular flexibility index (Phi) is 5.29. The quantitative estimate of drug-likeness (QED) is 0.682. The molecular formula is C24H23N3O2. The first-order valence-corrected chi connectivity index (χ1v) is 9.70. The average molecular weight is 385 g/mol. The van der Waals surface area contributed by atoms with E-state index < -0.39 is 0 Å². The molecule has 29 heavy (non-hydrogen) atoms. The molecule has 0 fully saturated rings. The summed E-state index contributed by atoms with van der Waals surface area (Å²) in [5, 5.41) is 6.29. The number of amides is 2. The predicted molar refractivity (Wildman–Crippen MR) is 115 cm³/mol. The number of carbonyl (C=O) groups excluding carboxylic acids is 2. The summed E-state index contributed by atoms with van der Waals surface area (Å²) in [5.41, 5.74) is 4.42. The molecule has 0 bridgehead atoms. The van der Waals surface area contributed by atoms with Crippen molar-refractivity contribution in [2.24, 2.45) is 0 Å². The summed E-state index contributed by atoms with van der Waals surface area (Å²) in [5.74, 6) is -0.0895. The second-order valence-corrected chi connectivity index (χ2v) is 7.13. The minimum atomic E-state index is -0.271. The Morgan fingerprint density at radius 3 is 2.38 bits per heavy atom. The Balaban J connectivity index is 1.63. The van der Waals surface area contributed by atoms with Gasteiger partial charge in [-0.15, -0.1) is 0 Å². The van der Waals surface area contributed by atoms with Crippen LogP contribution in [0.4, 0.5) is 11.4 Å². The standard InChI is InChI=1S/C24H23N3O2/c1-17(28)25-20-13-11-19(12-14-20)23-26-22-10-6-5-9-21(22)24(29)27(23)16-15-18-7-3-2-4-8-18/h2-14,23,26H,15-16H2,1H3,(H,25,28). The molecule has 5 nitrogen and oxygen atoms in total. The Labute approximate surface area is 170 Å². The molecule has 4 rings (SSSR count). The Hall–Kier alpha value is -3.60. The van der Waals surface area contributed by atoms with Gasteiger partial charge in [-0.05, 0) is 41.8 Å². The fraction of sp³-hybridized carbons (Fsp3) is 0.167. The third kappa shape index (κ3) is 4.14. The summed E-state index contributed by atoms with van der Waals surface area (Å²) in [6, 6.07) is 25.4. The maximum Gasteiger partial charge on any atom is 0.257 e. The van der Waals surface area contributed by atoms with Gasteiger partial charge in [0.2, 0.25) is 5.91 Å². The highest BCUT2D eigenvalue weighted by molar-refractivity contribution is 6.01. The molecule has 5 heteroatoms. The highest BCUT2D eigenvalue weighted by Gasteiger charge is 2.32. The minimum absolute atomic E-state index is 0.0196. The summed E-state index contributed by atoms with van der Waals surface area (Å²) in [6.45, 7) is 2.08. The fourth-order valence-electron chi connectivity index (χ4n) is 3.63. The van der Waals surface area contributed by atoms with Gasteiger partial charge in [-0.3, -0.25) is 9.59 Å². The van der Waals surface area contributed by atoms with Crippen molar-refractivity contribution in [2.75, 3.05) is 17.2 Å². The zero-order chi connectivity index (χ0) is 20.2. The van der Waals surface area contributed by atoms with Gasteiger partial charge in [0.1, 0.15) is 6.17 Å². The number of rotatable bonds is 5. The molecule has 3 aromatic carbocycles. The van der Waals surface area contributed by atoms with E-state index in [1.54, 1.807) is 0 Å². The second kappa shape index (κ2) is 8.19. The second-order valence-electron chi connectivity index (χ2n) is 7.13. The monoisotopic (exact) mass is 385 g/mol. The van der Waals surface area contributed by atoms with E-state index in [1.807, 2.05) is 71.6 Å². The van der Waals surface area contributed by atoms with Crippen molar-refractivity contribution in [1.82, 2.24) is 4.90 Å². The van der Waals surface area contributed by atoms with Gasteiger partial charge in [-0.25, -0.2) is 0 Å². The maximum absolute atomic E-state index is 13.3. The van der Waals surface area contributed by atoms with Crippen molar-refractivity contribution in [1.29, 1.82) is 0 Å². The zero-order valence-electron chi connectivity index (χ0n) is 16.3. The van der Waals surface area contributed by atoms with E-state index in [1.165, 1.54) is 12.5 Å². The Bertz CT molecular complexity index is 1020. The summed E-state index contributed by atoms with van der Waals surface area (Å²) in [4.78, 5) is 26.4. The molecule has 1 aliphatic heterocycles. The van der Waals surface area contributed by atoms with E-state index in [9.17, 15) is 9.59 Å². The molecule has 3 aromatic rings. The lowest BCUT2D eigenvalue weighted by Gasteiger charge is -2.38. The predicted octanol–water partition coefficient (Wildman–Crippen LogP) is 4.45. The topological polar surface area (TPSA) is 61.4 Å². The van der Waals surface area contributed by atoms with Gasteiger partial charge in [-0.2, -0.15) is 0 Å². The molecule has 1 heterocycles. The van der Waals surface area contributed by atoms with Crippen LogP contribution >= 0.6 is 0 Å². The molecule has 0 saturated heterocycles. The lowest BCUT2D eigenvalue weighted by atomic mass is 10.0. The van der Waals surface area contributed by atoms with Crippen molar-refractivity contribution in [3.8, 4) is 0 Å². The molecular weight excluding hydrogens is 362 g/mol. The lowest BCUT2D eigenvalue weighted by Crippen LogP contribution is -2.44. The van der Waals surface area contributed by atoms with E-state index >= 15 is 0 Å². The summed E-state index contributed by atoms with van der Waals surface area (Å²) >= 11 is 0. The van der Waals surface area contributed by atoms with E-state index in [2.05, 4.69) is 22.8 Å². The molecule has 2 N–H and O–H groups in total. The van der Waals surface area contributed by atoms with Gasteiger partial charge >= 0.3 is 0 Å². The summed E-state index contributed by atoms with van der Waals surface area (Å²) in [7, 11) is 0. The van der Waals surface area contributed by atoms with Crippen molar-refractivity contribution in [2.45, 2.75) is 19.5 Å². The van der Waals surface area contributed by atoms with Crippen LogP contribution in [0, 0.1) is 0 Å². The van der Waals surface area contributed by atoms with Gasteiger partial charge in [0.25, 0.3) is 5.91 Å². The van der Waals surface area contributed by atoms with Crippen LogP contribution in [0.3, 0.4) is 0 Å². The third-order valence-corrected chi connectivity index (χ3v) is 5.05. The van der Waals surface area contributed by atoms with Gasteiger partial charge in [0.15, 0.2) is 0 Å². The molecule has 0 aliphatic carbocycles. The van der Waals surface area contributed by atoms with E-state index in [0.717, 1.165) is 23.4 Å². The Morgan fingerprint density at radius 2 is 1.66 bits per heavy atom. The summed E-state index contributed by atoms with van der Waals surface area (Å²) in [6.07, 6.45) is 0.504. The lowest BCUT2D eigenvalue weighted by molar-refractivity contribution is -0.114. The zero-order valence-corrected chi connectivity index (χ0v) is 16.3. The van der Waals surface area contributed by atoms with Crippen molar-refractivity contribution < 1.29 is 9.59 Å². The molecule has 1 unspecified atom stereocenters. The van der Waals surface area contributed by atoms with Gasteiger partial charge < -0.3 is 15.5 Å². The number of fused-ring (bicyclic) bond motifs is 1. The largest absolute Gasteiger partial charge is 0.361 e. The molecule has 2 amide bonds. The van der Waals surface area contributed by atoms with Crippen molar-refractivity contribution >= 4 is 23.2 Å². The maximum atomic E-state index is 13.3. The van der Waals surface area contributed by atoms with Gasteiger partial charge in [0.05, 0.1) is 5.56 Å². The molecule has 0 radical (unpaired) electrons. The van der Waals surface area contributed by atoms with E-state index in [-0.39, 0.29) is 18.0 Å². The molecule has 0 aromatic heterocycles. The van der Waals surface area contributed by atoms with Crippen LogP contribution < -0.4 is 10.6 Å². The third-order valence-electron chi connectivity index (χ3n) is 5.05. The molecule has 0 spiro atoms. The number of carbonyl (C=O) groups is 2. The molecule has 0 saturated carbocycles. The van der Waals surface area contributed by atoms with Crippen LogP contribution in [0.1, 0.15) is 34.6 Å². The van der Waals surface area contributed by atoms with Crippen LogP contribution in [-0.2, 0) is 11.2 Å². The number of benzene rings is 3. The molecule has 1 aliphatic rings. The van der Waals surface area contributed by atoms with Crippen LogP contribution in [-0.4, -0.2) is 23.3 Å². The minimum Gasteiger partial charge on any atom is -0.361 e. The van der Waals surface area contributed by atoms with E-state index in [4.69, 9.17) is 0 Å². The van der Waals surface area contributed by atoms with Crippen LogP contribution in [0.15, 0.2) is 78.9 Å². The number of hydrogen-bond donors (Lipinski definition) is 2. The number of nitrogens with zero attached hydrogens (tertiary/aromatic N) is 1. The van der Waals surface area contributed by atoms with Gasteiger partial charge in [-0.1, -0.05) is 54.6 Å². The number of hydrogen-bond acceptors (Lipinski definition) is 3. The number of nitrogens with one attached hydrogen (secondary N) is 2. The van der Waals surface area contributed by atoms with Crippen LogP contribution in [0.25, 0.3) is 0 Å². The first-order chi connectivity index (χ1) is 14.1. The first-order valence-electron chi connectivity index (χ1n) is 9.70. The molecule has 146 valence electrons. The first kappa shape index (κ1) is 18.7. The summed E-state index contributed by atoms with van der Waals surface area (Å²) < 4.78 is 0. The smallest absolute Gasteiger partial charge is 0.257 e. The highest BCUT2D eigenvalue weighted by atomic mass is 16.2. The van der Waals surface area contributed by atoms with Gasteiger partial charge in [0, 0.05) is 24.8 Å². The SMILES string of the molecule is CC(=O)Nc1ccc(C2Nc3ccccc3C(=O)N2CCc2ccccc2)cc1. The Morgan fingerprint density at radius 1 is 0.966 bits per heavy atom. The van der Waals surface area contributed by atoms with Crippen LogP contribution in [0.5, 0.6) is 0 Å².